The van der Waals surface area contributed by atoms with Crippen molar-refractivity contribution in [1.29, 1.82) is 0 Å². The second-order valence-electron chi connectivity index (χ2n) is 4.87. The Kier molecular flexibility index (Phi) is 4.07. The summed E-state index contributed by atoms with van der Waals surface area (Å²) in [6.07, 6.45) is 0. The minimum atomic E-state index is -0.278. The van der Waals surface area contributed by atoms with Gasteiger partial charge in [0, 0.05) is 24.1 Å². The summed E-state index contributed by atoms with van der Waals surface area (Å²) in [7, 11) is 0. The van der Waals surface area contributed by atoms with Crippen LogP contribution in [-0.4, -0.2) is 24.2 Å². The summed E-state index contributed by atoms with van der Waals surface area (Å²) in [5, 5.41) is 11.9. The molecule has 0 radical (unpaired) electrons. The van der Waals surface area contributed by atoms with Crippen LogP contribution in [0.5, 0.6) is 0 Å². The summed E-state index contributed by atoms with van der Waals surface area (Å²) in [4.78, 5) is 11.8. The van der Waals surface area contributed by atoms with Crippen LogP contribution in [0.4, 0.5) is 0 Å². The molecule has 2 N–H and O–H groups in total. The number of carbonyl (C=O) groups excluding carboxylic acids is 1. The molecule has 0 aliphatic rings. The van der Waals surface area contributed by atoms with E-state index in [9.17, 15) is 4.79 Å². The highest BCUT2D eigenvalue weighted by Gasteiger charge is 2.17. The highest BCUT2D eigenvalue weighted by Crippen LogP contribution is 2.12. The zero-order chi connectivity index (χ0) is 12.2. The molecule has 1 rings (SSSR count). The first kappa shape index (κ1) is 12.7. The summed E-state index contributed by atoms with van der Waals surface area (Å²) in [6, 6.07) is 7.45. The topological polar surface area (TPSA) is 49.3 Å². The van der Waals surface area contributed by atoms with Gasteiger partial charge >= 0.3 is 0 Å². The van der Waals surface area contributed by atoms with E-state index in [0.717, 1.165) is 5.56 Å². The maximum Gasteiger partial charge on any atom is 0.251 e. The number of benzene rings is 1. The van der Waals surface area contributed by atoms with Crippen molar-refractivity contribution in [3.05, 3.63) is 35.4 Å². The summed E-state index contributed by atoms with van der Waals surface area (Å²) >= 11 is 0. The van der Waals surface area contributed by atoms with E-state index in [1.165, 1.54) is 0 Å². The lowest BCUT2D eigenvalue weighted by molar-refractivity contribution is 0.0911. The summed E-state index contributed by atoms with van der Waals surface area (Å²) in [5.41, 5.74) is 1.45. The molecule has 0 aliphatic carbocycles. The fourth-order valence-corrected chi connectivity index (χ4v) is 1.26. The largest absolute Gasteiger partial charge is 0.396 e. The van der Waals surface area contributed by atoms with Crippen LogP contribution in [0.25, 0.3) is 0 Å². The van der Waals surface area contributed by atoms with E-state index in [4.69, 9.17) is 5.11 Å². The molecule has 0 fully saturated rings. The van der Waals surface area contributed by atoms with Gasteiger partial charge in [-0.2, -0.15) is 0 Å². The molecule has 0 aromatic heterocycles. The minimum absolute atomic E-state index is 0.0566. The molecule has 0 atom stereocenters. The monoisotopic (exact) mass is 221 g/mol. The lowest BCUT2D eigenvalue weighted by atomic mass is 9.95. The van der Waals surface area contributed by atoms with E-state index in [2.05, 4.69) is 5.32 Å². The van der Waals surface area contributed by atoms with Crippen molar-refractivity contribution in [1.82, 2.24) is 5.32 Å². The standard InChI is InChI=1S/C13H19NO2/c1-10-5-4-6-11(7-10)12(16)14-8-13(2,3)9-15/h4-7,15H,8-9H2,1-3H3,(H,14,16). The maximum atomic E-state index is 11.8. The summed E-state index contributed by atoms with van der Waals surface area (Å²) in [5.74, 6) is -0.0924. The highest BCUT2D eigenvalue weighted by atomic mass is 16.3. The number of aryl methyl sites for hydroxylation is 1. The van der Waals surface area contributed by atoms with Crippen molar-refractivity contribution >= 4 is 5.91 Å². The van der Waals surface area contributed by atoms with Crippen molar-refractivity contribution in [3.63, 3.8) is 0 Å². The lowest BCUT2D eigenvalue weighted by Gasteiger charge is -2.21. The van der Waals surface area contributed by atoms with Gasteiger partial charge in [0.25, 0.3) is 5.91 Å². The third-order valence-corrected chi connectivity index (χ3v) is 2.44. The Bertz CT molecular complexity index is 372. The van der Waals surface area contributed by atoms with Crippen LogP contribution in [0, 0.1) is 12.3 Å². The van der Waals surface area contributed by atoms with Gasteiger partial charge in [0.05, 0.1) is 0 Å². The Balaban J connectivity index is 2.60. The van der Waals surface area contributed by atoms with Crippen LogP contribution in [0.2, 0.25) is 0 Å². The highest BCUT2D eigenvalue weighted by molar-refractivity contribution is 5.94. The van der Waals surface area contributed by atoms with Crippen molar-refractivity contribution in [2.45, 2.75) is 20.8 Å². The van der Waals surface area contributed by atoms with Gasteiger partial charge in [-0.3, -0.25) is 4.79 Å². The van der Waals surface area contributed by atoms with E-state index in [-0.39, 0.29) is 17.9 Å². The number of carbonyl (C=O) groups is 1. The number of nitrogens with one attached hydrogen (secondary N) is 1. The number of rotatable bonds is 4. The quantitative estimate of drug-likeness (QED) is 0.813. The molecular weight excluding hydrogens is 202 g/mol. The van der Waals surface area contributed by atoms with Gasteiger partial charge in [-0.1, -0.05) is 31.5 Å². The van der Waals surface area contributed by atoms with E-state index < -0.39 is 0 Å². The molecule has 0 unspecified atom stereocenters. The Morgan fingerprint density at radius 1 is 1.44 bits per heavy atom. The number of hydrogen-bond donors (Lipinski definition) is 2. The second-order valence-corrected chi connectivity index (χ2v) is 4.87. The van der Waals surface area contributed by atoms with Gasteiger partial charge in [-0.15, -0.1) is 0 Å². The van der Waals surface area contributed by atoms with Gasteiger partial charge < -0.3 is 10.4 Å². The Morgan fingerprint density at radius 2 is 2.12 bits per heavy atom. The van der Waals surface area contributed by atoms with Crippen LogP contribution in [-0.2, 0) is 0 Å². The molecule has 0 heterocycles. The Morgan fingerprint density at radius 3 is 2.69 bits per heavy atom. The third kappa shape index (κ3) is 3.66. The molecule has 0 aliphatic heterocycles. The van der Waals surface area contributed by atoms with E-state index >= 15 is 0 Å². The first-order valence-corrected chi connectivity index (χ1v) is 5.40. The Hall–Kier alpha value is -1.35. The molecular formula is C13H19NO2. The van der Waals surface area contributed by atoms with Crippen molar-refractivity contribution < 1.29 is 9.90 Å². The molecule has 16 heavy (non-hydrogen) atoms. The van der Waals surface area contributed by atoms with Gasteiger partial charge in [0.1, 0.15) is 0 Å². The third-order valence-electron chi connectivity index (χ3n) is 2.44. The van der Waals surface area contributed by atoms with Gasteiger partial charge in [0.2, 0.25) is 0 Å². The van der Waals surface area contributed by atoms with Crippen LogP contribution in [0.1, 0.15) is 29.8 Å². The molecule has 0 spiro atoms. The van der Waals surface area contributed by atoms with Gasteiger partial charge in [-0.05, 0) is 19.1 Å². The van der Waals surface area contributed by atoms with Crippen molar-refractivity contribution in [2.75, 3.05) is 13.2 Å². The average molecular weight is 221 g/mol. The first-order chi connectivity index (χ1) is 7.44. The SMILES string of the molecule is Cc1cccc(C(=O)NCC(C)(C)CO)c1. The molecule has 1 amide bonds. The number of aliphatic hydroxyl groups is 1. The number of hydrogen-bond acceptors (Lipinski definition) is 2. The van der Waals surface area contributed by atoms with E-state index in [1.54, 1.807) is 6.07 Å². The molecule has 1 aromatic carbocycles. The smallest absolute Gasteiger partial charge is 0.251 e. The van der Waals surface area contributed by atoms with Gasteiger partial charge in [0.15, 0.2) is 0 Å². The van der Waals surface area contributed by atoms with Crippen LogP contribution >= 0.6 is 0 Å². The normalized spacial score (nSPS) is 11.2. The summed E-state index contributed by atoms with van der Waals surface area (Å²) in [6.45, 7) is 6.29. The average Bonchev–Trinajstić information content (AvgIpc) is 2.26. The zero-order valence-corrected chi connectivity index (χ0v) is 10.1. The van der Waals surface area contributed by atoms with Gasteiger partial charge in [-0.25, -0.2) is 0 Å². The number of aliphatic hydroxyl groups excluding tert-OH is 1. The number of amides is 1. The molecule has 0 saturated carbocycles. The molecule has 0 bridgehead atoms. The molecule has 3 nitrogen and oxygen atoms in total. The van der Waals surface area contributed by atoms with E-state index in [1.807, 2.05) is 39.0 Å². The minimum Gasteiger partial charge on any atom is -0.396 e. The molecule has 1 aromatic rings. The predicted octanol–water partition coefficient (Wildman–Crippen LogP) is 1.74. The second kappa shape index (κ2) is 5.12. The fourth-order valence-electron chi connectivity index (χ4n) is 1.26. The fraction of sp³-hybridized carbons (Fsp3) is 0.462. The predicted molar refractivity (Wildman–Crippen MR) is 64.4 cm³/mol. The van der Waals surface area contributed by atoms with Crippen LogP contribution in [0.15, 0.2) is 24.3 Å². The lowest BCUT2D eigenvalue weighted by Crippen LogP contribution is -2.36. The van der Waals surface area contributed by atoms with E-state index in [0.29, 0.717) is 12.1 Å². The first-order valence-electron chi connectivity index (χ1n) is 5.40. The zero-order valence-electron chi connectivity index (χ0n) is 10.1. The molecule has 3 heteroatoms. The van der Waals surface area contributed by atoms with Crippen molar-refractivity contribution in [2.24, 2.45) is 5.41 Å². The molecule has 0 saturated heterocycles. The Labute approximate surface area is 96.5 Å². The van der Waals surface area contributed by atoms with Crippen molar-refractivity contribution in [3.8, 4) is 0 Å². The maximum absolute atomic E-state index is 11.8. The molecule has 88 valence electrons. The van der Waals surface area contributed by atoms with Crippen LogP contribution in [0.3, 0.4) is 0 Å². The van der Waals surface area contributed by atoms with Crippen LogP contribution < -0.4 is 5.32 Å². The summed E-state index contributed by atoms with van der Waals surface area (Å²) < 4.78 is 0.